The molecule has 0 radical (unpaired) electrons. The Balaban J connectivity index is 2.57. The molecule has 0 saturated heterocycles. The maximum Gasteiger partial charge on any atom is 0.362 e. The van der Waals surface area contributed by atoms with Gasteiger partial charge in [0.2, 0.25) is 11.1 Å². The molecule has 2 aromatic rings. The molecule has 0 aliphatic carbocycles. The predicted molar refractivity (Wildman–Crippen MR) is 77.1 cm³/mol. The molecule has 0 fully saturated rings. The SMILES string of the molecule is CCc1cn(-c2ccc(OC)cc2)nc(C(=O)OC)c1=O. The highest BCUT2D eigenvalue weighted by Gasteiger charge is 2.17. The van der Waals surface area contributed by atoms with Crippen molar-refractivity contribution in [3.8, 4) is 11.4 Å². The summed E-state index contributed by atoms with van der Waals surface area (Å²) < 4.78 is 11.2. The summed E-state index contributed by atoms with van der Waals surface area (Å²) in [4.78, 5) is 23.8. The smallest absolute Gasteiger partial charge is 0.362 e. The Hall–Kier alpha value is -2.63. The molecule has 1 aromatic heterocycles. The molecule has 0 amide bonds. The van der Waals surface area contributed by atoms with Crippen LogP contribution in [0.4, 0.5) is 0 Å². The monoisotopic (exact) mass is 288 g/mol. The van der Waals surface area contributed by atoms with Crippen molar-refractivity contribution in [2.75, 3.05) is 14.2 Å². The van der Waals surface area contributed by atoms with Crippen LogP contribution in [0.2, 0.25) is 0 Å². The van der Waals surface area contributed by atoms with E-state index in [1.807, 2.05) is 6.92 Å². The highest BCUT2D eigenvalue weighted by atomic mass is 16.5. The third-order valence-corrected chi connectivity index (χ3v) is 3.09. The van der Waals surface area contributed by atoms with Gasteiger partial charge in [-0.05, 0) is 30.7 Å². The minimum atomic E-state index is -0.738. The van der Waals surface area contributed by atoms with Gasteiger partial charge in [0.15, 0.2) is 0 Å². The van der Waals surface area contributed by atoms with Crippen LogP contribution >= 0.6 is 0 Å². The van der Waals surface area contributed by atoms with E-state index in [2.05, 4.69) is 9.84 Å². The van der Waals surface area contributed by atoms with Crippen LogP contribution < -0.4 is 10.2 Å². The van der Waals surface area contributed by atoms with E-state index in [4.69, 9.17) is 4.74 Å². The van der Waals surface area contributed by atoms with Crippen molar-refractivity contribution in [1.29, 1.82) is 0 Å². The Bertz CT molecular complexity index is 705. The van der Waals surface area contributed by atoms with Gasteiger partial charge in [-0.1, -0.05) is 6.92 Å². The summed E-state index contributed by atoms with van der Waals surface area (Å²) in [6.45, 7) is 1.84. The van der Waals surface area contributed by atoms with Crippen LogP contribution in [-0.4, -0.2) is 30.0 Å². The van der Waals surface area contributed by atoms with Crippen LogP contribution in [0.15, 0.2) is 35.3 Å². The minimum Gasteiger partial charge on any atom is -0.497 e. The quantitative estimate of drug-likeness (QED) is 0.799. The fourth-order valence-corrected chi connectivity index (χ4v) is 1.89. The Morgan fingerprint density at radius 2 is 1.90 bits per heavy atom. The van der Waals surface area contributed by atoms with Gasteiger partial charge in [0.25, 0.3) is 0 Å². The average Bonchev–Trinajstić information content (AvgIpc) is 2.54. The van der Waals surface area contributed by atoms with Crippen molar-refractivity contribution in [3.63, 3.8) is 0 Å². The van der Waals surface area contributed by atoms with Crippen LogP contribution in [0.3, 0.4) is 0 Å². The number of hydrogen-bond donors (Lipinski definition) is 0. The summed E-state index contributed by atoms with van der Waals surface area (Å²) in [5.41, 5.74) is 0.610. The lowest BCUT2D eigenvalue weighted by atomic mass is 10.2. The summed E-state index contributed by atoms with van der Waals surface area (Å²) in [5.74, 6) is -0.0266. The summed E-state index contributed by atoms with van der Waals surface area (Å²) in [5, 5.41) is 4.07. The lowest BCUT2D eigenvalue weighted by Crippen LogP contribution is -2.25. The number of nitrogens with zero attached hydrogens (tertiary/aromatic N) is 2. The summed E-state index contributed by atoms with van der Waals surface area (Å²) in [6.07, 6.45) is 2.12. The first-order chi connectivity index (χ1) is 10.1. The molecule has 0 atom stereocenters. The molecule has 21 heavy (non-hydrogen) atoms. The average molecular weight is 288 g/mol. The van der Waals surface area contributed by atoms with Gasteiger partial charge in [-0.15, -0.1) is 0 Å². The van der Waals surface area contributed by atoms with Crippen LogP contribution in [0.5, 0.6) is 5.75 Å². The Labute approximate surface area is 121 Å². The Morgan fingerprint density at radius 1 is 1.24 bits per heavy atom. The third kappa shape index (κ3) is 2.94. The largest absolute Gasteiger partial charge is 0.497 e. The lowest BCUT2D eigenvalue weighted by Gasteiger charge is -2.10. The zero-order chi connectivity index (χ0) is 15.4. The molecule has 0 bridgehead atoms. The number of esters is 1. The first-order valence-corrected chi connectivity index (χ1v) is 6.46. The second-order valence-corrected chi connectivity index (χ2v) is 4.32. The van der Waals surface area contributed by atoms with Crippen molar-refractivity contribution in [3.05, 3.63) is 51.9 Å². The summed E-state index contributed by atoms with van der Waals surface area (Å²) in [7, 11) is 2.80. The molecular formula is C15H16N2O4. The number of carbonyl (C=O) groups excluding carboxylic acids is 1. The molecule has 0 aliphatic heterocycles. The van der Waals surface area contributed by atoms with Crippen molar-refractivity contribution >= 4 is 5.97 Å². The maximum absolute atomic E-state index is 12.1. The van der Waals surface area contributed by atoms with Crippen LogP contribution in [-0.2, 0) is 11.2 Å². The predicted octanol–water partition coefficient (Wildman–Crippen LogP) is 1.59. The lowest BCUT2D eigenvalue weighted by molar-refractivity contribution is 0.0590. The molecule has 1 aromatic carbocycles. The van der Waals surface area contributed by atoms with Gasteiger partial charge >= 0.3 is 5.97 Å². The third-order valence-electron chi connectivity index (χ3n) is 3.09. The number of hydrogen-bond acceptors (Lipinski definition) is 5. The van der Waals surface area contributed by atoms with Gasteiger partial charge < -0.3 is 9.47 Å². The molecule has 0 spiro atoms. The van der Waals surface area contributed by atoms with Crippen molar-refractivity contribution in [2.24, 2.45) is 0 Å². The molecule has 1 heterocycles. The zero-order valence-corrected chi connectivity index (χ0v) is 12.1. The van der Waals surface area contributed by atoms with E-state index in [0.29, 0.717) is 17.7 Å². The maximum atomic E-state index is 12.1. The number of aryl methyl sites for hydroxylation is 1. The number of ether oxygens (including phenoxy) is 2. The fraction of sp³-hybridized carbons (Fsp3) is 0.267. The molecule has 2 rings (SSSR count). The van der Waals surface area contributed by atoms with Gasteiger partial charge in [0, 0.05) is 11.8 Å². The van der Waals surface area contributed by atoms with Crippen LogP contribution in [0, 0.1) is 0 Å². The molecule has 0 N–H and O–H groups in total. The second kappa shape index (κ2) is 6.21. The zero-order valence-electron chi connectivity index (χ0n) is 12.1. The van der Waals surface area contributed by atoms with E-state index in [1.165, 1.54) is 11.8 Å². The molecule has 6 heteroatoms. The molecular weight excluding hydrogens is 272 g/mol. The normalized spacial score (nSPS) is 10.2. The highest BCUT2D eigenvalue weighted by Crippen LogP contribution is 2.14. The van der Waals surface area contributed by atoms with E-state index in [-0.39, 0.29) is 5.69 Å². The topological polar surface area (TPSA) is 70.4 Å². The van der Waals surface area contributed by atoms with Crippen molar-refractivity contribution in [1.82, 2.24) is 9.78 Å². The Morgan fingerprint density at radius 3 is 2.43 bits per heavy atom. The summed E-state index contributed by atoms with van der Waals surface area (Å²) in [6, 6.07) is 7.13. The van der Waals surface area contributed by atoms with Gasteiger partial charge in [-0.3, -0.25) is 4.79 Å². The number of rotatable bonds is 4. The first-order valence-electron chi connectivity index (χ1n) is 6.46. The Kier molecular flexibility index (Phi) is 4.37. The molecule has 0 aliphatic rings. The fourth-order valence-electron chi connectivity index (χ4n) is 1.89. The van der Waals surface area contributed by atoms with E-state index >= 15 is 0 Å². The van der Waals surface area contributed by atoms with Gasteiger partial charge in [0.05, 0.1) is 19.9 Å². The van der Waals surface area contributed by atoms with E-state index in [0.717, 1.165) is 5.69 Å². The number of benzene rings is 1. The van der Waals surface area contributed by atoms with Crippen molar-refractivity contribution in [2.45, 2.75) is 13.3 Å². The van der Waals surface area contributed by atoms with Gasteiger partial charge in [-0.2, -0.15) is 5.10 Å². The molecule has 6 nitrogen and oxygen atoms in total. The molecule has 110 valence electrons. The number of carbonyl (C=O) groups is 1. The standard InChI is InChI=1S/C15H16N2O4/c1-4-10-9-17(11-5-7-12(20-2)8-6-11)16-13(14(10)18)15(19)21-3/h5-9H,4H2,1-3H3. The minimum absolute atomic E-state index is 0.215. The summed E-state index contributed by atoms with van der Waals surface area (Å²) >= 11 is 0. The van der Waals surface area contributed by atoms with Gasteiger partial charge in [0.1, 0.15) is 5.75 Å². The first kappa shape index (κ1) is 14.8. The second-order valence-electron chi connectivity index (χ2n) is 4.32. The van der Waals surface area contributed by atoms with E-state index in [9.17, 15) is 9.59 Å². The van der Waals surface area contributed by atoms with E-state index in [1.54, 1.807) is 37.6 Å². The van der Waals surface area contributed by atoms with Crippen LogP contribution in [0.1, 0.15) is 23.0 Å². The van der Waals surface area contributed by atoms with Crippen LogP contribution in [0.25, 0.3) is 5.69 Å². The number of aromatic nitrogens is 2. The molecule has 0 unspecified atom stereocenters. The number of methoxy groups -OCH3 is 2. The highest BCUT2D eigenvalue weighted by molar-refractivity contribution is 5.87. The molecule has 0 saturated carbocycles. The van der Waals surface area contributed by atoms with Gasteiger partial charge in [-0.25, -0.2) is 9.48 Å². The van der Waals surface area contributed by atoms with Crippen molar-refractivity contribution < 1.29 is 14.3 Å². The van der Waals surface area contributed by atoms with E-state index < -0.39 is 11.4 Å².